The molecule has 1 aromatic carbocycles. The van der Waals surface area contributed by atoms with Crippen LogP contribution in [0.25, 0.3) is 21.3 Å². The molecule has 0 radical (unpaired) electrons. The van der Waals surface area contributed by atoms with Gasteiger partial charge in [-0.1, -0.05) is 41.9 Å². The second kappa shape index (κ2) is 5.19. The van der Waals surface area contributed by atoms with Gasteiger partial charge in [0.1, 0.15) is 9.71 Å². The number of rotatable bonds is 2. The molecule has 0 unspecified atom stereocenters. The Morgan fingerprint density at radius 1 is 1.25 bits per heavy atom. The van der Waals surface area contributed by atoms with E-state index in [1.165, 1.54) is 18.4 Å². The van der Waals surface area contributed by atoms with Crippen molar-refractivity contribution in [3.63, 3.8) is 0 Å². The zero-order valence-electron chi connectivity index (χ0n) is 10.5. The number of thiophene rings is 1. The first kappa shape index (κ1) is 13.0. The number of carbonyl (C=O) groups is 1. The Kier molecular flexibility index (Phi) is 3.38. The van der Waals surface area contributed by atoms with Crippen LogP contribution in [0.2, 0.25) is 5.15 Å². The Bertz CT molecular complexity index is 786. The summed E-state index contributed by atoms with van der Waals surface area (Å²) in [6, 6.07) is 11.3. The largest absolute Gasteiger partial charge is 0.465 e. The van der Waals surface area contributed by atoms with E-state index in [9.17, 15) is 4.79 Å². The first-order valence-electron chi connectivity index (χ1n) is 5.80. The SMILES string of the molecule is COC(=O)c1sc2nnc(Cl)cc2c1-c1ccccc1. The summed E-state index contributed by atoms with van der Waals surface area (Å²) in [5.41, 5.74) is 1.71. The van der Waals surface area contributed by atoms with Gasteiger partial charge < -0.3 is 4.74 Å². The molecule has 6 heteroatoms. The number of nitrogens with zero attached hydrogens (tertiary/aromatic N) is 2. The third-order valence-corrected chi connectivity index (χ3v) is 4.11. The number of ether oxygens (including phenoxy) is 1. The van der Waals surface area contributed by atoms with Gasteiger partial charge in [0, 0.05) is 10.9 Å². The highest BCUT2D eigenvalue weighted by Crippen LogP contribution is 2.38. The third-order valence-electron chi connectivity index (χ3n) is 2.86. The molecule has 4 nitrogen and oxygen atoms in total. The van der Waals surface area contributed by atoms with E-state index >= 15 is 0 Å². The summed E-state index contributed by atoms with van der Waals surface area (Å²) in [4.78, 5) is 13.1. The van der Waals surface area contributed by atoms with E-state index in [-0.39, 0.29) is 5.97 Å². The predicted octanol–water partition coefficient (Wildman–Crippen LogP) is 3.80. The fraction of sp³-hybridized carbons (Fsp3) is 0.0714. The van der Waals surface area contributed by atoms with Gasteiger partial charge in [-0.05, 0) is 11.6 Å². The molecule has 0 bridgehead atoms. The number of methoxy groups -OCH3 is 1. The van der Waals surface area contributed by atoms with Crippen LogP contribution in [0.3, 0.4) is 0 Å². The first-order chi connectivity index (χ1) is 9.70. The quantitative estimate of drug-likeness (QED) is 0.676. The van der Waals surface area contributed by atoms with Gasteiger partial charge in [-0.2, -0.15) is 0 Å². The Balaban J connectivity index is 2.36. The van der Waals surface area contributed by atoms with Crippen molar-refractivity contribution in [1.29, 1.82) is 0 Å². The smallest absolute Gasteiger partial charge is 0.348 e. The van der Waals surface area contributed by atoms with Crippen LogP contribution in [0.5, 0.6) is 0 Å². The Morgan fingerprint density at radius 2 is 2.00 bits per heavy atom. The summed E-state index contributed by atoms with van der Waals surface area (Å²) in [5, 5.41) is 8.95. The lowest BCUT2D eigenvalue weighted by atomic mass is 10.0. The molecule has 2 heterocycles. The molecule has 0 N–H and O–H groups in total. The standard InChI is InChI=1S/C14H9ClN2O2S/c1-19-14(18)12-11(8-5-3-2-4-6-8)9-7-10(15)16-17-13(9)20-12/h2-7H,1H3. The first-order valence-corrected chi connectivity index (χ1v) is 6.99. The molecule has 0 saturated heterocycles. The van der Waals surface area contributed by atoms with Crippen molar-refractivity contribution in [3.8, 4) is 11.1 Å². The van der Waals surface area contributed by atoms with Crippen molar-refractivity contribution < 1.29 is 9.53 Å². The molecule has 0 saturated carbocycles. The molecule has 0 aliphatic carbocycles. The van der Waals surface area contributed by atoms with Crippen LogP contribution in [-0.2, 0) is 4.74 Å². The summed E-state index contributed by atoms with van der Waals surface area (Å²) >= 11 is 7.17. The Labute approximate surface area is 124 Å². The lowest BCUT2D eigenvalue weighted by molar-refractivity contribution is 0.0607. The lowest BCUT2D eigenvalue weighted by Crippen LogP contribution is -1.99. The van der Waals surface area contributed by atoms with Gasteiger partial charge in [0.2, 0.25) is 0 Å². The van der Waals surface area contributed by atoms with Crippen LogP contribution in [0.15, 0.2) is 36.4 Å². The molecular formula is C14H9ClN2O2S. The maximum atomic E-state index is 12.0. The number of hydrogen-bond donors (Lipinski definition) is 0. The molecule has 20 heavy (non-hydrogen) atoms. The highest BCUT2D eigenvalue weighted by atomic mass is 35.5. The molecule has 0 spiro atoms. The van der Waals surface area contributed by atoms with Gasteiger partial charge in [-0.25, -0.2) is 4.79 Å². The minimum Gasteiger partial charge on any atom is -0.465 e. The summed E-state index contributed by atoms with van der Waals surface area (Å²) in [6.07, 6.45) is 0. The van der Waals surface area contributed by atoms with E-state index in [2.05, 4.69) is 10.2 Å². The number of halogens is 1. The molecule has 0 aliphatic rings. The number of fused-ring (bicyclic) bond motifs is 1. The van der Waals surface area contributed by atoms with E-state index in [1.54, 1.807) is 6.07 Å². The Hall–Kier alpha value is -1.98. The zero-order chi connectivity index (χ0) is 14.1. The Morgan fingerprint density at radius 3 is 2.70 bits per heavy atom. The molecule has 0 fully saturated rings. The molecule has 100 valence electrons. The van der Waals surface area contributed by atoms with Crippen molar-refractivity contribution in [3.05, 3.63) is 46.4 Å². The van der Waals surface area contributed by atoms with E-state index in [0.717, 1.165) is 16.5 Å². The van der Waals surface area contributed by atoms with Crippen molar-refractivity contribution in [2.24, 2.45) is 0 Å². The van der Waals surface area contributed by atoms with E-state index in [4.69, 9.17) is 16.3 Å². The topological polar surface area (TPSA) is 52.1 Å². The van der Waals surface area contributed by atoms with Crippen LogP contribution < -0.4 is 0 Å². The monoisotopic (exact) mass is 304 g/mol. The highest BCUT2D eigenvalue weighted by Gasteiger charge is 2.21. The minimum atomic E-state index is -0.386. The number of aromatic nitrogens is 2. The molecule has 0 amide bonds. The zero-order valence-corrected chi connectivity index (χ0v) is 12.0. The van der Waals surface area contributed by atoms with E-state index < -0.39 is 0 Å². The lowest BCUT2D eigenvalue weighted by Gasteiger charge is -2.03. The third kappa shape index (κ3) is 2.15. The minimum absolute atomic E-state index is 0.295. The average Bonchev–Trinajstić information content (AvgIpc) is 2.85. The van der Waals surface area contributed by atoms with Gasteiger partial charge in [-0.15, -0.1) is 21.5 Å². The second-order valence-corrected chi connectivity index (χ2v) is 5.44. The number of hydrogen-bond acceptors (Lipinski definition) is 5. The number of esters is 1. The van der Waals surface area contributed by atoms with Gasteiger partial charge in [-0.3, -0.25) is 0 Å². The van der Waals surface area contributed by atoms with Crippen molar-refractivity contribution >= 4 is 39.1 Å². The van der Waals surface area contributed by atoms with Crippen LogP contribution in [0, 0.1) is 0 Å². The summed E-state index contributed by atoms with van der Waals surface area (Å²) in [7, 11) is 1.36. The number of carbonyl (C=O) groups excluding carboxylic acids is 1. The molecule has 3 aromatic rings. The molecule has 0 atom stereocenters. The van der Waals surface area contributed by atoms with E-state index in [0.29, 0.717) is 14.9 Å². The van der Waals surface area contributed by atoms with Crippen LogP contribution >= 0.6 is 22.9 Å². The maximum Gasteiger partial charge on any atom is 0.348 e. The molecule has 2 aromatic heterocycles. The average molecular weight is 305 g/mol. The van der Waals surface area contributed by atoms with Crippen molar-refractivity contribution in [2.45, 2.75) is 0 Å². The maximum absolute atomic E-state index is 12.0. The number of benzene rings is 1. The van der Waals surface area contributed by atoms with Gasteiger partial charge >= 0.3 is 5.97 Å². The summed E-state index contributed by atoms with van der Waals surface area (Å²) in [6.45, 7) is 0. The molecule has 3 rings (SSSR count). The summed E-state index contributed by atoms with van der Waals surface area (Å²) in [5.74, 6) is -0.386. The van der Waals surface area contributed by atoms with Crippen molar-refractivity contribution in [2.75, 3.05) is 7.11 Å². The van der Waals surface area contributed by atoms with E-state index in [1.807, 2.05) is 30.3 Å². The van der Waals surface area contributed by atoms with Gasteiger partial charge in [0.25, 0.3) is 0 Å². The van der Waals surface area contributed by atoms with Crippen LogP contribution in [-0.4, -0.2) is 23.3 Å². The second-order valence-electron chi connectivity index (χ2n) is 4.05. The van der Waals surface area contributed by atoms with Crippen molar-refractivity contribution in [1.82, 2.24) is 10.2 Å². The predicted molar refractivity (Wildman–Crippen MR) is 79.2 cm³/mol. The summed E-state index contributed by atoms with van der Waals surface area (Å²) < 4.78 is 4.85. The van der Waals surface area contributed by atoms with Gasteiger partial charge in [0.05, 0.1) is 7.11 Å². The fourth-order valence-corrected chi connectivity index (χ4v) is 3.20. The highest BCUT2D eigenvalue weighted by molar-refractivity contribution is 7.21. The van der Waals surface area contributed by atoms with Crippen LogP contribution in [0.4, 0.5) is 0 Å². The van der Waals surface area contributed by atoms with Gasteiger partial charge in [0.15, 0.2) is 5.15 Å². The fourth-order valence-electron chi connectivity index (χ4n) is 2.01. The molecule has 0 aliphatic heterocycles. The molecular weight excluding hydrogens is 296 g/mol. The normalized spacial score (nSPS) is 10.7. The van der Waals surface area contributed by atoms with Crippen LogP contribution in [0.1, 0.15) is 9.67 Å².